The van der Waals surface area contributed by atoms with Gasteiger partial charge in [-0.3, -0.25) is 4.79 Å². The number of nitrogens with zero attached hydrogens (tertiary/aromatic N) is 1. The van der Waals surface area contributed by atoms with E-state index in [4.69, 9.17) is 0 Å². The number of anilines is 1. The number of hydrogen-bond donors (Lipinski definition) is 1. The first-order chi connectivity index (χ1) is 13.5. The zero-order chi connectivity index (χ0) is 19.7. The van der Waals surface area contributed by atoms with E-state index >= 15 is 0 Å². The minimum absolute atomic E-state index is 0. The molecule has 1 N–H and O–H groups in total. The molecule has 152 valence electrons. The zero-order valence-corrected chi connectivity index (χ0v) is 17.2. The molecule has 29 heavy (non-hydrogen) atoms. The molecule has 0 amide bonds. The number of benzene rings is 3. The third-order valence-electron chi connectivity index (χ3n) is 5.70. The van der Waals surface area contributed by atoms with Crippen LogP contribution in [0, 0.1) is 11.7 Å². The Morgan fingerprint density at radius 2 is 1.69 bits per heavy atom. The molecule has 0 unspecified atom stereocenters. The molecule has 3 aromatic rings. The molecule has 0 saturated carbocycles. The van der Waals surface area contributed by atoms with Gasteiger partial charge in [0, 0.05) is 35.8 Å². The summed E-state index contributed by atoms with van der Waals surface area (Å²) in [4.78, 5) is 15.0. The van der Waals surface area contributed by atoms with Crippen LogP contribution in [0.25, 0.3) is 10.8 Å². The maximum absolute atomic E-state index is 13.1. The summed E-state index contributed by atoms with van der Waals surface area (Å²) < 4.78 is 13.1. The van der Waals surface area contributed by atoms with Crippen molar-refractivity contribution in [2.24, 2.45) is 5.92 Å². The van der Waals surface area contributed by atoms with E-state index in [1.807, 2.05) is 18.2 Å². The number of aliphatic hydroxyl groups excluding tert-OH is 1. The predicted octanol–water partition coefficient (Wildman–Crippen LogP) is 5.55. The Bertz CT molecular complexity index is 995. The maximum atomic E-state index is 13.1. The second kappa shape index (κ2) is 8.93. The number of Topliss-reactive ketones (excluding diaryl/α,β-unsaturated/α-hetero) is 1. The fraction of sp³-hybridized carbons (Fsp3) is 0.292. The predicted molar refractivity (Wildman–Crippen MR) is 117 cm³/mol. The number of piperidine rings is 1. The normalized spacial score (nSPS) is 15.8. The molecule has 0 spiro atoms. The number of rotatable bonds is 4. The smallest absolute Gasteiger partial charge is 0.166 e. The van der Waals surface area contributed by atoms with E-state index in [0.29, 0.717) is 5.56 Å². The first kappa shape index (κ1) is 21.3. The number of carbonyl (C=O) groups is 1. The molecule has 0 radical (unpaired) electrons. The molecule has 0 aliphatic carbocycles. The van der Waals surface area contributed by atoms with Crippen molar-refractivity contribution in [2.75, 3.05) is 18.0 Å². The van der Waals surface area contributed by atoms with Crippen LogP contribution in [0.3, 0.4) is 0 Å². The molecule has 1 saturated heterocycles. The maximum Gasteiger partial charge on any atom is 0.166 e. The van der Waals surface area contributed by atoms with Gasteiger partial charge in [-0.05, 0) is 60.9 Å². The van der Waals surface area contributed by atoms with E-state index in [0.717, 1.165) is 48.0 Å². The molecule has 1 atom stereocenters. The van der Waals surface area contributed by atoms with Gasteiger partial charge in [-0.15, -0.1) is 12.4 Å². The van der Waals surface area contributed by atoms with Gasteiger partial charge in [-0.1, -0.05) is 30.3 Å². The highest BCUT2D eigenvalue weighted by Gasteiger charge is 2.27. The number of fused-ring (bicyclic) bond motifs is 1. The molecule has 3 aromatic carbocycles. The van der Waals surface area contributed by atoms with Crippen LogP contribution in [0.1, 0.15) is 41.8 Å². The monoisotopic (exact) mass is 413 g/mol. The molecule has 4 rings (SSSR count). The minimum Gasteiger partial charge on any atom is -0.389 e. The number of aliphatic hydroxyl groups is 1. The molecular weight excluding hydrogens is 389 g/mol. The second-order valence-corrected chi connectivity index (χ2v) is 7.53. The summed E-state index contributed by atoms with van der Waals surface area (Å²) in [7, 11) is 0. The Labute approximate surface area is 176 Å². The fourth-order valence-electron chi connectivity index (χ4n) is 4.23. The van der Waals surface area contributed by atoms with Gasteiger partial charge in [0.2, 0.25) is 0 Å². The van der Waals surface area contributed by atoms with Crippen molar-refractivity contribution in [3.8, 4) is 0 Å². The van der Waals surface area contributed by atoms with E-state index in [1.54, 1.807) is 19.1 Å². The summed E-state index contributed by atoms with van der Waals surface area (Å²) in [6, 6.07) is 18.1. The largest absolute Gasteiger partial charge is 0.389 e. The third-order valence-corrected chi connectivity index (χ3v) is 5.70. The SMILES string of the molecule is C[C@@H](O)c1c(N2CCC(C(=O)c3ccc(F)cc3)CC2)ccc2ccccc12.Cl. The lowest BCUT2D eigenvalue weighted by atomic mass is 9.88. The Morgan fingerprint density at radius 3 is 2.34 bits per heavy atom. The number of carbonyl (C=O) groups excluding carboxylic acids is 1. The average molecular weight is 414 g/mol. The van der Waals surface area contributed by atoms with Crippen LogP contribution in [0.4, 0.5) is 10.1 Å². The van der Waals surface area contributed by atoms with Gasteiger partial charge in [0.15, 0.2) is 5.78 Å². The van der Waals surface area contributed by atoms with Crippen LogP contribution in [-0.4, -0.2) is 24.0 Å². The lowest BCUT2D eigenvalue weighted by Gasteiger charge is -2.35. The summed E-state index contributed by atoms with van der Waals surface area (Å²) in [5, 5.41) is 12.6. The Morgan fingerprint density at radius 1 is 1.03 bits per heavy atom. The molecule has 1 heterocycles. The van der Waals surface area contributed by atoms with Gasteiger partial charge in [0.05, 0.1) is 6.10 Å². The fourth-order valence-corrected chi connectivity index (χ4v) is 4.23. The molecule has 0 bridgehead atoms. The topological polar surface area (TPSA) is 40.5 Å². The highest BCUT2D eigenvalue weighted by atomic mass is 35.5. The lowest BCUT2D eigenvalue weighted by Crippen LogP contribution is -2.37. The van der Waals surface area contributed by atoms with Gasteiger partial charge in [-0.25, -0.2) is 4.39 Å². The van der Waals surface area contributed by atoms with Crippen molar-refractivity contribution in [3.63, 3.8) is 0 Å². The zero-order valence-electron chi connectivity index (χ0n) is 16.3. The average Bonchev–Trinajstić information content (AvgIpc) is 2.73. The lowest BCUT2D eigenvalue weighted by molar-refractivity contribution is 0.0900. The van der Waals surface area contributed by atoms with Gasteiger partial charge >= 0.3 is 0 Å². The van der Waals surface area contributed by atoms with Crippen LogP contribution < -0.4 is 4.90 Å². The molecule has 5 heteroatoms. The summed E-state index contributed by atoms with van der Waals surface area (Å²) in [6.07, 6.45) is 0.935. The number of ketones is 1. The van der Waals surface area contributed by atoms with Crippen molar-refractivity contribution in [3.05, 3.63) is 77.6 Å². The van der Waals surface area contributed by atoms with E-state index in [2.05, 4.69) is 23.1 Å². The highest BCUT2D eigenvalue weighted by molar-refractivity contribution is 5.98. The van der Waals surface area contributed by atoms with Crippen LogP contribution in [0.15, 0.2) is 60.7 Å². The van der Waals surface area contributed by atoms with Crippen LogP contribution in [0.5, 0.6) is 0 Å². The highest BCUT2D eigenvalue weighted by Crippen LogP contribution is 2.36. The van der Waals surface area contributed by atoms with Gasteiger partial charge in [0.25, 0.3) is 0 Å². The summed E-state index contributed by atoms with van der Waals surface area (Å²) >= 11 is 0. The summed E-state index contributed by atoms with van der Waals surface area (Å²) in [6.45, 7) is 3.32. The summed E-state index contributed by atoms with van der Waals surface area (Å²) in [5.41, 5.74) is 2.57. The van der Waals surface area contributed by atoms with Crippen molar-refractivity contribution < 1.29 is 14.3 Å². The standard InChI is InChI=1S/C24H24FNO2.ClH/c1-16(27)23-21-5-3-2-4-17(21)8-11-22(23)26-14-12-19(13-15-26)24(28)18-6-9-20(25)10-7-18;/h2-11,16,19,27H,12-15H2,1H3;1H/t16-;/m1./s1. The summed E-state index contributed by atoms with van der Waals surface area (Å²) in [5.74, 6) is -0.278. The van der Waals surface area contributed by atoms with Crippen molar-refractivity contribution in [2.45, 2.75) is 25.9 Å². The van der Waals surface area contributed by atoms with Crippen molar-refractivity contribution >= 4 is 34.7 Å². The molecule has 0 aromatic heterocycles. The van der Waals surface area contributed by atoms with Gasteiger partial charge < -0.3 is 10.0 Å². The van der Waals surface area contributed by atoms with Crippen molar-refractivity contribution in [1.29, 1.82) is 0 Å². The Hall–Kier alpha value is -2.43. The van der Waals surface area contributed by atoms with E-state index in [1.165, 1.54) is 12.1 Å². The third kappa shape index (κ3) is 4.29. The number of hydrogen-bond acceptors (Lipinski definition) is 3. The second-order valence-electron chi connectivity index (χ2n) is 7.53. The Balaban J connectivity index is 0.00000240. The first-order valence-electron chi connectivity index (χ1n) is 9.79. The molecule has 3 nitrogen and oxygen atoms in total. The van der Waals surface area contributed by atoms with E-state index in [9.17, 15) is 14.3 Å². The molecule has 1 aliphatic rings. The van der Waals surface area contributed by atoms with Gasteiger partial charge in [0.1, 0.15) is 5.82 Å². The first-order valence-corrected chi connectivity index (χ1v) is 9.79. The van der Waals surface area contributed by atoms with E-state index < -0.39 is 6.10 Å². The van der Waals surface area contributed by atoms with Crippen LogP contribution in [0.2, 0.25) is 0 Å². The molecular formula is C24H25ClFNO2. The molecule has 1 aliphatic heterocycles. The van der Waals surface area contributed by atoms with Crippen molar-refractivity contribution in [1.82, 2.24) is 0 Å². The minimum atomic E-state index is -0.570. The van der Waals surface area contributed by atoms with E-state index in [-0.39, 0.29) is 29.9 Å². The number of halogens is 2. The van der Waals surface area contributed by atoms with Gasteiger partial charge in [-0.2, -0.15) is 0 Å². The Kier molecular flexibility index (Phi) is 6.56. The van der Waals surface area contributed by atoms with Crippen LogP contribution >= 0.6 is 12.4 Å². The molecule has 1 fully saturated rings. The quantitative estimate of drug-likeness (QED) is 0.570. The van der Waals surface area contributed by atoms with Crippen LogP contribution in [-0.2, 0) is 0 Å².